The van der Waals surface area contributed by atoms with Crippen LogP contribution in [-0.4, -0.2) is 35.2 Å². The summed E-state index contributed by atoms with van der Waals surface area (Å²) in [6.07, 6.45) is 1.22. The Morgan fingerprint density at radius 1 is 1.32 bits per heavy atom. The van der Waals surface area contributed by atoms with Crippen molar-refractivity contribution in [3.8, 4) is 0 Å². The zero-order valence-electron chi connectivity index (χ0n) is 10.5. The number of likely N-dealkylation sites (N-methyl/N-ethyl adjacent to an activating group) is 1. The molecule has 0 spiro atoms. The SMILES string of the molecule is CCN(C)C(=O)C(=O)c1c[nH]c2cc(F)cc(F)c12. The Labute approximate surface area is 108 Å². The number of benzene rings is 1. The van der Waals surface area contributed by atoms with Gasteiger partial charge in [0, 0.05) is 31.2 Å². The number of rotatable bonds is 3. The molecule has 4 nitrogen and oxygen atoms in total. The van der Waals surface area contributed by atoms with E-state index in [1.807, 2.05) is 0 Å². The number of nitrogens with one attached hydrogen (secondary N) is 1. The Balaban J connectivity index is 2.52. The molecule has 6 heteroatoms. The molecule has 2 rings (SSSR count). The zero-order chi connectivity index (χ0) is 14.2. The molecule has 100 valence electrons. The van der Waals surface area contributed by atoms with Crippen molar-refractivity contribution in [1.29, 1.82) is 0 Å². The third-order valence-electron chi connectivity index (χ3n) is 2.96. The van der Waals surface area contributed by atoms with Crippen LogP contribution in [0.2, 0.25) is 0 Å². The zero-order valence-corrected chi connectivity index (χ0v) is 10.5. The number of H-pyrrole nitrogens is 1. The summed E-state index contributed by atoms with van der Waals surface area (Å²) in [7, 11) is 1.48. The second-order valence-electron chi connectivity index (χ2n) is 4.16. The number of hydrogen-bond acceptors (Lipinski definition) is 2. The van der Waals surface area contributed by atoms with Gasteiger partial charge in [-0.2, -0.15) is 0 Å². The van der Waals surface area contributed by atoms with Gasteiger partial charge in [0.1, 0.15) is 11.6 Å². The lowest BCUT2D eigenvalue weighted by atomic mass is 10.1. The second-order valence-corrected chi connectivity index (χ2v) is 4.16. The Morgan fingerprint density at radius 2 is 2.00 bits per heavy atom. The molecule has 0 aliphatic heterocycles. The highest BCUT2D eigenvalue weighted by atomic mass is 19.1. The molecule has 1 aromatic heterocycles. The average molecular weight is 266 g/mol. The second kappa shape index (κ2) is 4.79. The lowest BCUT2D eigenvalue weighted by Gasteiger charge is -2.12. The summed E-state index contributed by atoms with van der Waals surface area (Å²) in [5.41, 5.74) is 0.0607. The van der Waals surface area contributed by atoms with Crippen LogP contribution in [0.4, 0.5) is 8.78 Å². The monoisotopic (exact) mass is 266 g/mol. The number of halogens is 2. The van der Waals surface area contributed by atoms with Crippen LogP contribution < -0.4 is 0 Å². The van der Waals surface area contributed by atoms with Gasteiger partial charge in [0.05, 0.1) is 11.1 Å². The van der Waals surface area contributed by atoms with Crippen molar-refractivity contribution in [2.45, 2.75) is 6.92 Å². The van der Waals surface area contributed by atoms with Gasteiger partial charge in [-0.15, -0.1) is 0 Å². The number of aromatic nitrogens is 1. The van der Waals surface area contributed by atoms with Crippen LogP contribution in [0.25, 0.3) is 10.9 Å². The molecule has 0 radical (unpaired) electrons. The van der Waals surface area contributed by atoms with Gasteiger partial charge in [-0.25, -0.2) is 8.78 Å². The topological polar surface area (TPSA) is 53.2 Å². The first-order valence-electron chi connectivity index (χ1n) is 5.71. The van der Waals surface area contributed by atoms with Crippen molar-refractivity contribution in [3.05, 3.63) is 35.5 Å². The van der Waals surface area contributed by atoms with Crippen LogP contribution in [0, 0.1) is 11.6 Å². The van der Waals surface area contributed by atoms with Crippen LogP contribution in [0.15, 0.2) is 18.3 Å². The minimum atomic E-state index is -0.869. The minimum absolute atomic E-state index is 0.0655. The molecule has 0 bridgehead atoms. The predicted molar refractivity (Wildman–Crippen MR) is 65.9 cm³/mol. The quantitative estimate of drug-likeness (QED) is 0.683. The van der Waals surface area contributed by atoms with Gasteiger partial charge in [0.15, 0.2) is 0 Å². The average Bonchev–Trinajstić information content (AvgIpc) is 2.79. The molecule has 1 N–H and O–H groups in total. The maximum absolute atomic E-state index is 13.7. The van der Waals surface area contributed by atoms with Gasteiger partial charge in [-0.1, -0.05) is 0 Å². The van der Waals surface area contributed by atoms with E-state index in [1.165, 1.54) is 18.1 Å². The van der Waals surface area contributed by atoms with E-state index in [1.54, 1.807) is 6.92 Å². The maximum Gasteiger partial charge on any atom is 0.294 e. The van der Waals surface area contributed by atoms with E-state index in [4.69, 9.17) is 0 Å². The number of amides is 1. The van der Waals surface area contributed by atoms with Crippen molar-refractivity contribution in [1.82, 2.24) is 9.88 Å². The van der Waals surface area contributed by atoms with E-state index in [-0.39, 0.29) is 16.5 Å². The van der Waals surface area contributed by atoms with Crippen LogP contribution in [0.5, 0.6) is 0 Å². The first-order chi connectivity index (χ1) is 8.95. The number of Topliss-reactive ketones (excluding diaryl/α,β-unsaturated/α-hetero) is 1. The molecular weight excluding hydrogens is 254 g/mol. The first-order valence-corrected chi connectivity index (χ1v) is 5.71. The normalized spacial score (nSPS) is 10.7. The van der Waals surface area contributed by atoms with Crippen LogP contribution in [0.3, 0.4) is 0 Å². The lowest BCUT2D eigenvalue weighted by Crippen LogP contribution is -2.33. The standard InChI is InChI=1S/C13H12F2N2O2/c1-3-17(2)13(19)12(18)8-6-16-10-5-7(14)4-9(15)11(8)10/h4-6,16H,3H2,1-2H3. The molecule has 0 aliphatic carbocycles. The van der Waals surface area contributed by atoms with Gasteiger partial charge in [-0.3, -0.25) is 9.59 Å². The van der Waals surface area contributed by atoms with Crippen molar-refractivity contribution in [2.75, 3.05) is 13.6 Å². The fourth-order valence-electron chi connectivity index (χ4n) is 1.79. The largest absolute Gasteiger partial charge is 0.360 e. The predicted octanol–water partition coefficient (Wildman–Crippen LogP) is 2.11. The molecule has 0 saturated carbocycles. The van der Waals surface area contributed by atoms with Gasteiger partial charge in [-0.05, 0) is 13.0 Å². The summed E-state index contributed by atoms with van der Waals surface area (Å²) in [5.74, 6) is -3.16. The molecule has 1 aromatic carbocycles. The maximum atomic E-state index is 13.7. The number of nitrogens with zero attached hydrogens (tertiary/aromatic N) is 1. The van der Waals surface area contributed by atoms with Gasteiger partial charge < -0.3 is 9.88 Å². The Kier molecular flexibility index (Phi) is 3.33. The summed E-state index contributed by atoms with van der Waals surface area (Å²) in [5, 5.41) is -0.0655. The highest BCUT2D eigenvalue weighted by molar-refractivity contribution is 6.44. The molecule has 19 heavy (non-hydrogen) atoms. The summed E-state index contributed by atoms with van der Waals surface area (Å²) in [6, 6.07) is 1.75. The molecule has 0 saturated heterocycles. The molecule has 1 amide bonds. The lowest BCUT2D eigenvalue weighted by molar-refractivity contribution is -0.125. The highest BCUT2D eigenvalue weighted by Gasteiger charge is 2.24. The summed E-state index contributed by atoms with van der Waals surface area (Å²) in [6.45, 7) is 2.08. The van der Waals surface area contributed by atoms with Crippen molar-refractivity contribution in [3.63, 3.8) is 0 Å². The number of ketones is 1. The number of aromatic amines is 1. The first kappa shape index (κ1) is 13.2. The Hall–Kier alpha value is -2.24. The summed E-state index contributed by atoms with van der Waals surface area (Å²) in [4.78, 5) is 27.6. The molecule has 2 aromatic rings. The minimum Gasteiger partial charge on any atom is -0.360 e. The highest BCUT2D eigenvalue weighted by Crippen LogP contribution is 2.23. The smallest absolute Gasteiger partial charge is 0.294 e. The fourth-order valence-corrected chi connectivity index (χ4v) is 1.79. The van der Waals surface area contributed by atoms with Crippen LogP contribution >= 0.6 is 0 Å². The van der Waals surface area contributed by atoms with Crippen LogP contribution in [0.1, 0.15) is 17.3 Å². The third kappa shape index (κ3) is 2.21. The van der Waals surface area contributed by atoms with Crippen molar-refractivity contribution >= 4 is 22.6 Å². The van der Waals surface area contributed by atoms with Crippen molar-refractivity contribution < 1.29 is 18.4 Å². The van der Waals surface area contributed by atoms with E-state index in [2.05, 4.69) is 4.98 Å². The number of carbonyl (C=O) groups excluding carboxylic acids is 2. The fraction of sp³-hybridized carbons (Fsp3) is 0.231. The molecule has 0 fully saturated rings. The van der Waals surface area contributed by atoms with E-state index < -0.39 is 23.3 Å². The third-order valence-corrected chi connectivity index (χ3v) is 2.96. The summed E-state index contributed by atoms with van der Waals surface area (Å²) < 4.78 is 26.7. The number of fused-ring (bicyclic) bond motifs is 1. The molecule has 0 unspecified atom stereocenters. The molecule has 1 heterocycles. The van der Waals surface area contributed by atoms with Crippen LogP contribution in [-0.2, 0) is 4.79 Å². The number of carbonyl (C=O) groups is 2. The van der Waals surface area contributed by atoms with Gasteiger partial charge in [0.2, 0.25) is 0 Å². The Morgan fingerprint density at radius 3 is 2.63 bits per heavy atom. The Bertz CT molecular complexity index is 664. The molecule has 0 aliphatic rings. The van der Waals surface area contributed by atoms with Gasteiger partial charge in [0.25, 0.3) is 11.7 Å². The van der Waals surface area contributed by atoms with E-state index in [0.717, 1.165) is 6.07 Å². The van der Waals surface area contributed by atoms with E-state index >= 15 is 0 Å². The van der Waals surface area contributed by atoms with Gasteiger partial charge >= 0.3 is 0 Å². The molecular formula is C13H12F2N2O2. The van der Waals surface area contributed by atoms with Crippen molar-refractivity contribution in [2.24, 2.45) is 0 Å². The van der Waals surface area contributed by atoms with E-state index in [9.17, 15) is 18.4 Å². The summed E-state index contributed by atoms with van der Waals surface area (Å²) >= 11 is 0. The number of hydrogen-bond donors (Lipinski definition) is 1. The molecule has 0 atom stereocenters. The van der Waals surface area contributed by atoms with E-state index in [0.29, 0.717) is 12.6 Å².